The Bertz CT molecular complexity index is 615. The van der Waals surface area contributed by atoms with E-state index in [2.05, 4.69) is 5.32 Å². The van der Waals surface area contributed by atoms with Gasteiger partial charge in [-0.15, -0.1) is 0 Å². The molecule has 4 nitrogen and oxygen atoms in total. The van der Waals surface area contributed by atoms with Crippen molar-refractivity contribution in [2.24, 2.45) is 5.92 Å². The monoisotopic (exact) mass is 322 g/mol. The molecule has 1 N–H and O–H groups in total. The quantitative estimate of drug-likeness (QED) is 0.930. The Balaban J connectivity index is 1.63. The first-order valence-corrected chi connectivity index (χ1v) is 8.10. The van der Waals surface area contributed by atoms with Crippen molar-refractivity contribution in [3.63, 3.8) is 0 Å². The zero-order valence-corrected chi connectivity index (χ0v) is 12.9. The van der Waals surface area contributed by atoms with Gasteiger partial charge in [0.15, 0.2) is 0 Å². The predicted octanol–water partition coefficient (Wildman–Crippen LogP) is 3.08. The number of nitrogens with one attached hydrogen (secondary N) is 1. The van der Waals surface area contributed by atoms with Crippen molar-refractivity contribution < 1.29 is 18.4 Å². The van der Waals surface area contributed by atoms with Gasteiger partial charge in [-0.1, -0.05) is 19.3 Å². The van der Waals surface area contributed by atoms with Gasteiger partial charge in [-0.25, -0.2) is 8.78 Å². The van der Waals surface area contributed by atoms with Gasteiger partial charge < -0.3 is 10.2 Å². The second-order valence-electron chi connectivity index (χ2n) is 6.35. The van der Waals surface area contributed by atoms with Crippen LogP contribution in [0.2, 0.25) is 0 Å². The summed E-state index contributed by atoms with van der Waals surface area (Å²) in [6.07, 6.45) is 5.58. The third kappa shape index (κ3) is 3.51. The summed E-state index contributed by atoms with van der Waals surface area (Å²) in [7, 11) is 0. The summed E-state index contributed by atoms with van der Waals surface area (Å²) >= 11 is 0. The molecule has 1 aliphatic heterocycles. The van der Waals surface area contributed by atoms with Crippen LogP contribution in [0, 0.1) is 17.6 Å². The molecule has 0 bridgehead atoms. The number of anilines is 1. The highest BCUT2D eigenvalue weighted by Gasteiger charge is 2.38. The maximum absolute atomic E-state index is 13.6. The first kappa shape index (κ1) is 15.9. The standard InChI is InChI=1S/C17H20F2N2O2/c18-12-6-7-15(14(19)9-12)20-17(23)11-8-16(22)21(10-11)13-4-2-1-3-5-13/h6-7,9,11,13H,1-5,8,10H2,(H,20,23)/t11-/m1/s1. The first-order chi connectivity index (χ1) is 11.0. The van der Waals surface area contributed by atoms with Gasteiger partial charge in [0.2, 0.25) is 11.8 Å². The van der Waals surface area contributed by atoms with Crippen LogP contribution in [0.4, 0.5) is 14.5 Å². The number of carbonyl (C=O) groups excluding carboxylic acids is 2. The minimum atomic E-state index is -0.813. The van der Waals surface area contributed by atoms with E-state index in [4.69, 9.17) is 0 Å². The third-order valence-electron chi connectivity index (χ3n) is 4.73. The van der Waals surface area contributed by atoms with Crippen molar-refractivity contribution in [2.45, 2.75) is 44.6 Å². The molecule has 1 aromatic rings. The molecule has 1 saturated heterocycles. The molecule has 124 valence electrons. The van der Waals surface area contributed by atoms with Crippen molar-refractivity contribution in [1.29, 1.82) is 0 Å². The lowest BCUT2D eigenvalue weighted by Gasteiger charge is -2.31. The number of amides is 2. The molecule has 2 fully saturated rings. The van der Waals surface area contributed by atoms with Gasteiger partial charge in [0.1, 0.15) is 11.6 Å². The second kappa shape index (κ2) is 6.64. The van der Waals surface area contributed by atoms with E-state index in [0.29, 0.717) is 6.54 Å². The number of hydrogen-bond acceptors (Lipinski definition) is 2. The van der Waals surface area contributed by atoms with E-state index in [9.17, 15) is 18.4 Å². The average molecular weight is 322 g/mol. The molecule has 6 heteroatoms. The largest absolute Gasteiger partial charge is 0.339 e. The molecule has 0 unspecified atom stereocenters. The van der Waals surface area contributed by atoms with Crippen LogP contribution in [-0.4, -0.2) is 29.3 Å². The van der Waals surface area contributed by atoms with Gasteiger partial charge in [0.05, 0.1) is 11.6 Å². The van der Waals surface area contributed by atoms with E-state index in [1.54, 1.807) is 0 Å². The summed E-state index contributed by atoms with van der Waals surface area (Å²) in [6, 6.07) is 3.24. The number of halogens is 2. The lowest BCUT2D eigenvalue weighted by molar-refractivity contribution is -0.130. The van der Waals surface area contributed by atoms with E-state index in [-0.39, 0.29) is 30.0 Å². The van der Waals surface area contributed by atoms with Gasteiger partial charge >= 0.3 is 0 Å². The van der Waals surface area contributed by atoms with E-state index < -0.39 is 17.6 Å². The van der Waals surface area contributed by atoms with Crippen LogP contribution >= 0.6 is 0 Å². The fourth-order valence-electron chi connectivity index (χ4n) is 3.48. The molecule has 0 spiro atoms. The van der Waals surface area contributed by atoms with Gasteiger partial charge in [-0.05, 0) is 25.0 Å². The summed E-state index contributed by atoms with van der Waals surface area (Å²) in [5.41, 5.74) is -0.0556. The van der Waals surface area contributed by atoms with E-state index >= 15 is 0 Å². The molecule has 2 aliphatic rings. The number of carbonyl (C=O) groups is 2. The van der Waals surface area contributed by atoms with Crippen molar-refractivity contribution in [2.75, 3.05) is 11.9 Å². The highest BCUT2D eigenvalue weighted by molar-refractivity contribution is 5.97. The molecular formula is C17H20F2N2O2. The Morgan fingerprint density at radius 3 is 2.61 bits per heavy atom. The lowest BCUT2D eigenvalue weighted by atomic mass is 9.94. The smallest absolute Gasteiger partial charge is 0.229 e. The topological polar surface area (TPSA) is 49.4 Å². The van der Waals surface area contributed by atoms with E-state index in [0.717, 1.165) is 37.8 Å². The minimum Gasteiger partial charge on any atom is -0.339 e. The molecule has 1 saturated carbocycles. The van der Waals surface area contributed by atoms with Crippen molar-refractivity contribution in [3.05, 3.63) is 29.8 Å². The molecule has 2 amide bonds. The SMILES string of the molecule is O=C(Nc1ccc(F)cc1F)[C@@H]1CC(=O)N(C2CCCCC2)C1. The van der Waals surface area contributed by atoms with Crippen molar-refractivity contribution in [1.82, 2.24) is 4.90 Å². The van der Waals surface area contributed by atoms with Gasteiger partial charge in [-0.2, -0.15) is 0 Å². The molecule has 23 heavy (non-hydrogen) atoms. The molecule has 1 atom stereocenters. The molecule has 3 rings (SSSR count). The summed E-state index contributed by atoms with van der Waals surface area (Å²) in [5, 5.41) is 2.46. The van der Waals surface area contributed by atoms with Crippen LogP contribution in [0.1, 0.15) is 38.5 Å². The summed E-state index contributed by atoms with van der Waals surface area (Å²) in [6.45, 7) is 0.387. The van der Waals surface area contributed by atoms with Gasteiger partial charge in [0, 0.05) is 25.1 Å². The average Bonchev–Trinajstić information content (AvgIpc) is 2.93. The number of nitrogens with zero attached hydrogens (tertiary/aromatic N) is 1. The normalized spacial score (nSPS) is 22.4. The van der Waals surface area contributed by atoms with Crippen molar-refractivity contribution in [3.8, 4) is 0 Å². The maximum atomic E-state index is 13.6. The molecule has 1 heterocycles. The van der Waals surface area contributed by atoms with Crippen LogP contribution in [0.25, 0.3) is 0 Å². The summed E-state index contributed by atoms with van der Waals surface area (Å²) in [4.78, 5) is 26.3. The maximum Gasteiger partial charge on any atom is 0.229 e. The Hall–Kier alpha value is -1.98. The molecular weight excluding hydrogens is 302 g/mol. The van der Waals surface area contributed by atoms with Gasteiger partial charge in [-0.3, -0.25) is 9.59 Å². The molecule has 1 aliphatic carbocycles. The first-order valence-electron chi connectivity index (χ1n) is 8.10. The fourth-order valence-corrected chi connectivity index (χ4v) is 3.48. The van der Waals surface area contributed by atoms with Crippen LogP contribution < -0.4 is 5.32 Å². The van der Waals surface area contributed by atoms with Gasteiger partial charge in [0.25, 0.3) is 0 Å². The second-order valence-corrected chi connectivity index (χ2v) is 6.35. The van der Waals surface area contributed by atoms with Crippen LogP contribution in [0.5, 0.6) is 0 Å². The molecule has 0 radical (unpaired) electrons. The Kier molecular flexibility index (Phi) is 4.59. The Morgan fingerprint density at radius 1 is 1.17 bits per heavy atom. The Labute approximate surface area is 133 Å². The highest BCUT2D eigenvalue weighted by Crippen LogP contribution is 2.29. The number of likely N-dealkylation sites (tertiary alicyclic amines) is 1. The number of benzene rings is 1. The molecule has 1 aromatic carbocycles. The Morgan fingerprint density at radius 2 is 1.91 bits per heavy atom. The number of hydrogen-bond donors (Lipinski definition) is 1. The van der Waals surface area contributed by atoms with E-state index in [1.807, 2.05) is 4.90 Å². The predicted molar refractivity (Wildman–Crippen MR) is 81.7 cm³/mol. The molecule has 0 aromatic heterocycles. The van der Waals surface area contributed by atoms with Crippen LogP contribution in [-0.2, 0) is 9.59 Å². The summed E-state index contributed by atoms with van der Waals surface area (Å²) < 4.78 is 26.5. The number of rotatable bonds is 3. The zero-order valence-electron chi connectivity index (χ0n) is 12.9. The minimum absolute atomic E-state index is 0.00312. The van der Waals surface area contributed by atoms with E-state index in [1.165, 1.54) is 12.5 Å². The van der Waals surface area contributed by atoms with Crippen LogP contribution in [0.15, 0.2) is 18.2 Å². The highest BCUT2D eigenvalue weighted by atomic mass is 19.1. The third-order valence-corrected chi connectivity index (χ3v) is 4.73. The fraction of sp³-hybridized carbons (Fsp3) is 0.529. The lowest BCUT2D eigenvalue weighted by Crippen LogP contribution is -2.38. The van der Waals surface area contributed by atoms with Crippen LogP contribution in [0.3, 0.4) is 0 Å². The summed E-state index contributed by atoms with van der Waals surface area (Å²) in [5.74, 6) is -2.38. The van der Waals surface area contributed by atoms with Crippen molar-refractivity contribution >= 4 is 17.5 Å². The zero-order chi connectivity index (χ0) is 16.4.